The van der Waals surface area contributed by atoms with E-state index in [0.29, 0.717) is 17.7 Å². The molecule has 0 bridgehead atoms. The second-order valence-electron chi connectivity index (χ2n) is 5.95. The van der Waals surface area contributed by atoms with Gasteiger partial charge in [-0.2, -0.15) is 15.4 Å². The number of hydrogen-bond acceptors (Lipinski definition) is 3. The highest BCUT2D eigenvalue weighted by atomic mass is 19.1. The summed E-state index contributed by atoms with van der Waals surface area (Å²) in [5, 5.41) is 14.6. The van der Waals surface area contributed by atoms with Gasteiger partial charge in [-0.05, 0) is 43.5 Å². The van der Waals surface area contributed by atoms with Crippen LogP contribution in [0.4, 0.5) is 4.39 Å². The number of rotatable bonds is 2. The summed E-state index contributed by atoms with van der Waals surface area (Å²) in [6.07, 6.45) is 2.30. The summed E-state index contributed by atoms with van der Waals surface area (Å²) in [6, 6.07) is 4.79. The molecule has 0 radical (unpaired) electrons. The van der Waals surface area contributed by atoms with Gasteiger partial charge < -0.3 is 10.3 Å². The molecule has 1 aliphatic rings. The quantitative estimate of drug-likeness (QED) is 0.676. The van der Waals surface area contributed by atoms with Crippen LogP contribution in [0.5, 0.6) is 0 Å². The lowest BCUT2D eigenvalue weighted by atomic mass is 9.96. The molecule has 23 heavy (non-hydrogen) atoms. The van der Waals surface area contributed by atoms with Crippen LogP contribution in [0, 0.1) is 12.7 Å². The van der Waals surface area contributed by atoms with Crippen LogP contribution in [0.15, 0.2) is 18.2 Å². The van der Waals surface area contributed by atoms with Gasteiger partial charge in [0, 0.05) is 23.4 Å². The summed E-state index contributed by atoms with van der Waals surface area (Å²) in [5.41, 5.74) is 3.64. The van der Waals surface area contributed by atoms with Gasteiger partial charge in [0.05, 0.1) is 11.4 Å². The Hall–Kier alpha value is -2.70. The maximum atomic E-state index is 13.6. The Morgan fingerprint density at radius 2 is 2.17 bits per heavy atom. The van der Waals surface area contributed by atoms with Gasteiger partial charge in [0.25, 0.3) is 5.91 Å². The summed E-state index contributed by atoms with van der Waals surface area (Å²) in [4.78, 5) is 15.5. The summed E-state index contributed by atoms with van der Waals surface area (Å²) in [7, 11) is 0. The number of aromatic amines is 2. The Balaban J connectivity index is 1.55. The van der Waals surface area contributed by atoms with E-state index in [0.717, 1.165) is 35.1 Å². The van der Waals surface area contributed by atoms with E-state index in [9.17, 15) is 9.18 Å². The highest BCUT2D eigenvalue weighted by molar-refractivity contribution is 5.99. The Morgan fingerprint density at radius 3 is 3.04 bits per heavy atom. The third-order valence-corrected chi connectivity index (χ3v) is 4.46. The van der Waals surface area contributed by atoms with Crippen molar-refractivity contribution in [1.82, 2.24) is 25.7 Å². The van der Waals surface area contributed by atoms with Crippen LogP contribution in [0.3, 0.4) is 0 Å². The fourth-order valence-corrected chi connectivity index (χ4v) is 3.12. The van der Waals surface area contributed by atoms with Gasteiger partial charge in [0.15, 0.2) is 0 Å². The predicted molar refractivity (Wildman–Crippen MR) is 82.7 cm³/mol. The van der Waals surface area contributed by atoms with E-state index in [2.05, 4.69) is 25.7 Å². The van der Waals surface area contributed by atoms with Crippen LogP contribution in [0.2, 0.25) is 0 Å². The molecular weight excluding hydrogens is 297 g/mol. The number of carbonyl (C=O) groups excluding carboxylic acids is 1. The number of benzene rings is 1. The van der Waals surface area contributed by atoms with Crippen LogP contribution in [0.25, 0.3) is 10.9 Å². The lowest BCUT2D eigenvalue weighted by Crippen LogP contribution is -2.39. The molecule has 0 aliphatic heterocycles. The molecule has 4 rings (SSSR count). The van der Waals surface area contributed by atoms with Crippen LogP contribution in [-0.4, -0.2) is 32.3 Å². The van der Waals surface area contributed by atoms with E-state index in [-0.39, 0.29) is 17.8 Å². The SMILES string of the molecule is Cc1c(F)ccc2[nH]c(C(=O)NC3CCc4n[nH]nc4C3)cc12. The Bertz CT molecular complexity index is 897. The normalized spacial score (nSPS) is 17.2. The van der Waals surface area contributed by atoms with Crippen molar-refractivity contribution in [3.05, 3.63) is 46.7 Å². The molecule has 3 N–H and O–H groups in total. The topological polar surface area (TPSA) is 86.5 Å². The standard InChI is InChI=1S/C16H16FN5O/c1-8-10-7-15(19-12(10)5-3-11(8)17)16(23)18-9-2-4-13-14(6-9)21-22-20-13/h3,5,7,9,19H,2,4,6H2,1H3,(H,18,23)(H,20,21,22). The van der Waals surface area contributed by atoms with Gasteiger partial charge in [0.1, 0.15) is 11.5 Å². The van der Waals surface area contributed by atoms with E-state index < -0.39 is 0 Å². The molecule has 0 saturated carbocycles. The maximum absolute atomic E-state index is 13.6. The third kappa shape index (κ3) is 2.38. The van der Waals surface area contributed by atoms with Gasteiger partial charge in [-0.3, -0.25) is 4.79 Å². The number of aryl methyl sites for hydroxylation is 2. The van der Waals surface area contributed by atoms with Crippen molar-refractivity contribution in [2.45, 2.75) is 32.2 Å². The summed E-state index contributed by atoms with van der Waals surface area (Å²) >= 11 is 0. The first-order valence-electron chi connectivity index (χ1n) is 7.59. The molecule has 2 aromatic heterocycles. The van der Waals surface area contributed by atoms with Crippen molar-refractivity contribution >= 4 is 16.8 Å². The number of carbonyl (C=O) groups is 1. The first-order valence-corrected chi connectivity index (χ1v) is 7.59. The molecule has 0 fully saturated rings. The summed E-state index contributed by atoms with van der Waals surface area (Å²) < 4.78 is 13.6. The van der Waals surface area contributed by atoms with Gasteiger partial charge >= 0.3 is 0 Å². The monoisotopic (exact) mass is 313 g/mol. The van der Waals surface area contributed by atoms with Crippen LogP contribution in [0.1, 0.15) is 33.9 Å². The zero-order valence-electron chi connectivity index (χ0n) is 12.6. The van der Waals surface area contributed by atoms with E-state index in [1.165, 1.54) is 6.07 Å². The number of aromatic nitrogens is 4. The van der Waals surface area contributed by atoms with E-state index in [4.69, 9.17) is 0 Å². The molecule has 1 aromatic carbocycles. The molecule has 0 spiro atoms. The zero-order chi connectivity index (χ0) is 16.0. The second kappa shape index (κ2) is 5.19. The largest absolute Gasteiger partial charge is 0.351 e. The van der Waals surface area contributed by atoms with Gasteiger partial charge in [-0.1, -0.05) is 0 Å². The Kier molecular flexibility index (Phi) is 3.14. The van der Waals surface area contributed by atoms with Gasteiger partial charge in [-0.25, -0.2) is 4.39 Å². The smallest absolute Gasteiger partial charge is 0.267 e. The average molecular weight is 313 g/mol. The first-order chi connectivity index (χ1) is 11.1. The van der Waals surface area contributed by atoms with Crippen molar-refractivity contribution < 1.29 is 9.18 Å². The number of nitrogens with zero attached hydrogens (tertiary/aromatic N) is 2. The number of nitrogens with one attached hydrogen (secondary N) is 3. The summed E-state index contributed by atoms with van der Waals surface area (Å²) in [6.45, 7) is 1.71. The molecular formula is C16H16FN5O. The molecule has 1 amide bonds. The van der Waals surface area contributed by atoms with Crippen molar-refractivity contribution in [3.8, 4) is 0 Å². The molecule has 1 unspecified atom stereocenters. The van der Waals surface area contributed by atoms with Gasteiger partial charge in [-0.15, -0.1) is 0 Å². The molecule has 1 atom stereocenters. The first kappa shape index (κ1) is 13.9. The Labute approximate surface area is 131 Å². The number of H-pyrrole nitrogens is 2. The minimum absolute atomic E-state index is 0.0318. The second-order valence-corrected chi connectivity index (χ2v) is 5.95. The fraction of sp³-hybridized carbons (Fsp3) is 0.312. The van der Waals surface area contributed by atoms with Crippen LogP contribution >= 0.6 is 0 Å². The van der Waals surface area contributed by atoms with E-state index >= 15 is 0 Å². The molecule has 118 valence electrons. The average Bonchev–Trinajstić information content (AvgIpc) is 3.17. The third-order valence-electron chi connectivity index (χ3n) is 4.46. The summed E-state index contributed by atoms with van der Waals surface area (Å²) in [5.74, 6) is -0.452. The minimum atomic E-state index is -0.269. The van der Waals surface area contributed by atoms with Crippen LogP contribution in [-0.2, 0) is 12.8 Å². The van der Waals surface area contributed by atoms with Crippen molar-refractivity contribution in [2.24, 2.45) is 0 Å². The van der Waals surface area contributed by atoms with Crippen LogP contribution < -0.4 is 5.32 Å². The number of fused-ring (bicyclic) bond motifs is 2. The van der Waals surface area contributed by atoms with Crippen molar-refractivity contribution in [1.29, 1.82) is 0 Å². The van der Waals surface area contributed by atoms with Crippen molar-refractivity contribution in [2.75, 3.05) is 0 Å². The number of halogens is 1. The van der Waals surface area contributed by atoms with Gasteiger partial charge in [0.2, 0.25) is 0 Å². The molecule has 3 aromatic rings. The molecule has 7 heteroatoms. The van der Waals surface area contributed by atoms with E-state index in [1.807, 2.05) is 0 Å². The molecule has 6 nitrogen and oxygen atoms in total. The fourth-order valence-electron chi connectivity index (χ4n) is 3.12. The predicted octanol–water partition coefficient (Wildman–Crippen LogP) is 2.02. The maximum Gasteiger partial charge on any atom is 0.267 e. The zero-order valence-corrected chi connectivity index (χ0v) is 12.6. The molecule has 0 saturated heterocycles. The molecule has 1 aliphatic carbocycles. The number of amides is 1. The Morgan fingerprint density at radius 1 is 1.35 bits per heavy atom. The van der Waals surface area contributed by atoms with Crippen molar-refractivity contribution in [3.63, 3.8) is 0 Å². The molecule has 2 heterocycles. The minimum Gasteiger partial charge on any atom is -0.351 e. The lowest BCUT2D eigenvalue weighted by Gasteiger charge is -2.21. The van der Waals surface area contributed by atoms with E-state index in [1.54, 1.807) is 19.1 Å². The number of hydrogen-bond donors (Lipinski definition) is 3. The lowest BCUT2D eigenvalue weighted by molar-refractivity contribution is 0.0929. The highest BCUT2D eigenvalue weighted by Crippen LogP contribution is 2.22. The highest BCUT2D eigenvalue weighted by Gasteiger charge is 2.24.